The Morgan fingerprint density at radius 3 is 2.36 bits per heavy atom. The Balaban J connectivity index is 1.93. The van der Waals surface area contributed by atoms with Crippen LogP contribution in [0.1, 0.15) is 18.4 Å². The second kappa shape index (κ2) is 6.09. The normalized spacial score (nSPS) is 17.4. The van der Waals surface area contributed by atoms with Crippen LogP contribution in [-0.2, 0) is 16.2 Å². The summed E-state index contributed by atoms with van der Waals surface area (Å²) in [5.41, 5.74) is 0.507. The molecule has 2 aromatic heterocycles. The number of fused-ring (bicyclic) bond motifs is 1. The molecule has 1 fully saturated rings. The zero-order valence-corrected chi connectivity index (χ0v) is 14.5. The maximum absolute atomic E-state index is 12.9. The molecule has 1 aliphatic heterocycles. The maximum Gasteiger partial charge on any atom is 0.453 e. The lowest BCUT2D eigenvalue weighted by molar-refractivity contribution is -0.144. The van der Waals surface area contributed by atoms with E-state index in [1.807, 2.05) is 0 Å². The first-order valence-electron chi connectivity index (χ1n) is 7.66. The molecule has 3 heterocycles. The van der Waals surface area contributed by atoms with Gasteiger partial charge in [-0.1, -0.05) is 0 Å². The Kier molecular flexibility index (Phi) is 4.35. The number of anilines is 1. The minimum atomic E-state index is -4.66. The van der Waals surface area contributed by atoms with E-state index in [4.69, 9.17) is 0 Å². The van der Waals surface area contributed by atoms with Crippen LogP contribution < -0.4 is 4.90 Å². The molecule has 0 unspecified atom stereocenters. The van der Waals surface area contributed by atoms with Gasteiger partial charge in [-0.05, 0) is 13.8 Å². The van der Waals surface area contributed by atoms with Crippen molar-refractivity contribution in [2.24, 2.45) is 0 Å². The zero-order valence-electron chi connectivity index (χ0n) is 13.7. The molecule has 1 saturated heterocycles. The van der Waals surface area contributed by atoms with Crippen molar-refractivity contribution in [3.63, 3.8) is 0 Å². The second-order valence-corrected chi connectivity index (χ2v) is 7.94. The van der Waals surface area contributed by atoms with Crippen molar-refractivity contribution in [1.82, 2.24) is 23.9 Å². The first kappa shape index (κ1) is 17.9. The Hall–Kier alpha value is -1.95. The molecule has 1 aliphatic rings. The van der Waals surface area contributed by atoms with E-state index in [-0.39, 0.29) is 24.6 Å². The number of hydrogen-bond acceptors (Lipinski definition) is 6. The lowest BCUT2D eigenvalue weighted by Crippen LogP contribution is -2.49. The molecule has 0 saturated carbocycles. The van der Waals surface area contributed by atoms with Crippen molar-refractivity contribution in [3.05, 3.63) is 17.6 Å². The van der Waals surface area contributed by atoms with Crippen molar-refractivity contribution in [2.75, 3.05) is 36.8 Å². The lowest BCUT2D eigenvalue weighted by atomic mass is 10.3. The summed E-state index contributed by atoms with van der Waals surface area (Å²) in [5.74, 6) is -0.951. The molecule has 0 aliphatic carbocycles. The standard InChI is InChI=1S/C13H17F3N6O2S/c1-3-25(23,24)21-6-4-20(5-7-21)10-8-9(2)17-12-18-11(13(14,15)16)19-22(10)12/h8H,3-7H2,1-2H3. The molecule has 0 radical (unpaired) electrons. The summed E-state index contributed by atoms with van der Waals surface area (Å²) in [4.78, 5) is 9.23. The van der Waals surface area contributed by atoms with Gasteiger partial charge in [-0.25, -0.2) is 13.4 Å². The van der Waals surface area contributed by atoms with Crippen LogP contribution in [0, 0.1) is 6.92 Å². The van der Waals surface area contributed by atoms with E-state index in [0.717, 1.165) is 4.52 Å². The first-order chi connectivity index (χ1) is 11.6. The number of halogens is 3. The number of aryl methyl sites for hydroxylation is 1. The zero-order chi connectivity index (χ0) is 18.4. The second-order valence-electron chi connectivity index (χ2n) is 5.69. The quantitative estimate of drug-likeness (QED) is 0.790. The number of piperazine rings is 1. The van der Waals surface area contributed by atoms with Gasteiger partial charge in [0.1, 0.15) is 5.82 Å². The van der Waals surface area contributed by atoms with Crippen LogP contribution in [0.2, 0.25) is 0 Å². The average molecular weight is 378 g/mol. The van der Waals surface area contributed by atoms with Crippen molar-refractivity contribution >= 4 is 21.6 Å². The maximum atomic E-state index is 12.9. The SMILES string of the molecule is CCS(=O)(=O)N1CCN(c2cc(C)nc3nc(C(F)(F)F)nn23)CC1. The molecule has 0 amide bonds. The van der Waals surface area contributed by atoms with Crippen molar-refractivity contribution in [2.45, 2.75) is 20.0 Å². The number of hydrogen-bond donors (Lipinski definition) is 0. The van der Waals surface area contributed by atoms with Crippen LogP contribution in [0.4, 0.5) is 19.0 Å². The van der Waals surface area contributed by atoms with Gasteiger partial charge in [0, 0.05) is 37.9 Å². The molecule has 2 aromatic rings. The molecule has 0 spiro atoms. The minimum absolute atomic E-state index is 0.0175. The van der Waals surface area contributed by atoms with E-state index in [1.54, 1.807) is 24.8 Å². The molecule has 138 valence electrons. The average Bonchev–Trinajstić information content (AvgIpc) is 2.98. The van der Waals surface area contributed by atoms with Gasteiger partial charge < -0.3 is 4.90 Å². The fourth-order valence-electron chi connectivity index (χ4n) is 2.69. The van der Waals surface area contributed by atoms with Crippen LogP contribution in [0.5, 0.6) is 0 Å². The van der Waals surface area contributed by atoms with E-state index in [2.05, 4.69) is 15.1 Å². The Labute approximate surface area is 142 Å². The van der Waals surface area contributed by atoms with E-state index >= 15 is 0 Å². The highest BCUT2D eigenvalue weighted by molar-refractivity contribution is 7.89. The molecule has 0 N–H and O–H groups in total. The van der Waals surface area contributed by atoms with Gasteiger partial charge in [-0.15, -0.1) is 5.10 Å². The third kappa shape index (κ3) is 3.40. The van der Waals surface area contributed by atoms with Gasteiger partial charge in [0.2, 0.25) is 10.0 Å². The van der Waals surface area contributed by atoms with E-state index < -0.39 is 22.0 Å². The van der Waals surface area contributed by atoms with Crippen LogP contribution >= 0.6 is 0 Å². The molecule has 8 nitrogen and oxygen atoms in total. The van der Waals surface area contributed by atoms with Crippen LogP contribution in [-0.4, -0.2) is 64.2 Å². The van der Waals surface area contributed by atoms with E-state index in [0.29, 0.717) is 24.6 Å². The molecule has 0 bridgehead atoms. The predicted molar refractivity (Wildman–Crippen MR) is 83.8 cm³/mol. The summed E-state index contributed by atoms with van der Waals surface area (Å²) in [7, 11) is -3.28. The fraction of sp³-hybridized carbons (Fsp3) is 0.615. The highest BCUT2D eigenvalue weighted by Crippen LogP contribution is 2.28. The highest BCUT2D eigenvalue weighted by Gasteiger charge is 2.37. The molecule has 0 atom stereocenters. The van der Waals surface area contributed by atoms with Gasteiger partial charge in [0.15, 0.2) is 0 Å². The van der Waals surface area contributed by atoms with Crippen LogP contribution in [0.15, 0.2) is 6.07 Å². The van der Waals surface area contributed by atoms with Crippen molar-refractivity contribution in [3.8, 4) is 0 Å². The largest absolute Gasteiger partial charge is 0.453 e. The van der Waals surface area contributed by atoms with E-state index in [1.165, 1.54) is 4.31 Å². The molecule has 12 heteroatoms. The van der Waals surface area contributed by atoms with E-state index in [9.17, 15) is 21.6 Å². The Bertz CT molecular complexity index is 887. The summed E-state index contributed by atoms with van der Waals surface area (Å²) in [5, 5.41) is 3.53. The summed E-state index contributed by atoms with van der Waals surface area (Å²) < 4.78 is 64.9. The number of rotatable bonds is 3. The molecule has 0 aromatic carbocycles. The number of alkyl halides is 3. The number of nitrogens with zero attached hydrogens (tertiary/aromatic N) is 6. The Morgan fingerprint density at radius 1 is 1.16 bits per heavy atom. The van der Waals surface area contributed by atoms with Gasteiger partial charge >= 0.3 is 6.18 Å². The summed E-state index contributed by atoms with van der Waals surface area (Å²) >= 11 is 0. The van der Waals surface area contributed by atoms with Crippen molar-refractivity contribution < 1.29 is 21.6 Å². The van der Waals surface area contributed by atoms with Crippen LogP contribution in [0.25, 0.3) is 5.78 Å². The molecule has 3 rings (SSSR count). The number of sulfonamides is 1. The van der Waals surface area contributed by atoms with Crippen LogP contribution in [0.3, 0.4) is 0 Å². The van der Waals surface area contributed by atoms with Gasteiger partial charge in [-0.2, -0.15) is 27.0 Å². The molecule has 25 heavy (non-hydrogen) atoms. The summed E-state index contributed by atoms with van der Waals surface area (Å²) in [6.07, 6.45) is -4.66. The van der Waals surface area contributed by atoms with Gasteiger partial charge in [-0.3, -0.25) is 0 Å². The Morgan fingerprint density at radius 2 is 1.80 bits per heavy atom. The molecular formula is C13H17F3N6O2S. The van der Waals surface area contributed by atoms with Gasteiger partial charge in [0.05, 0.1) is 5.75 Å². The monoisotopic (exact) mass is 378 g/mol. The smallest absolute Gasteiger partial charge is 0.354 e. The topological polar surface area (TPSA) is 83.7 Å². The lowest BCUT2D eigenvalue weighted by Gasteiger charge is -2.35. The molecular weight excluding hydrogens is 361 g/mol. The first-order valence-corrected chi connectivity index (χ1v) is 9.27. The number of aromatic nitrogens is 4. The van der Waals surface area contributed by atoms with Crippen molar-refractivity contribution in [1.29, 1.82) is 0 Å². The predicted octanol–water partition coefficient (Wildman–Crippen LogP) is 0.923. The fourth-order valence-corrected chi connectivity index (χ4v) is 3.78. The third-order valence-corrected chi connectivity index (χ3v) is 5.88. The minimum Gasteiger partial charge on any atom is -0.354 e. The summed E-state index contributed by atoms with van der Waals surface area (Å²) in [6, 6.07) is 1.62. The highest BCUT2D eigenvalue weighted by atomic mass is 32.2. The van der Waals surface area contributed by atoms with Gasteiger partial charge in [0.25, 0.3) is 11.6 Å². The third-order valence-electron chi connectivity index (χ3n) is 4.00. The summed E-state index contributed by atoms with van der Waals surface area (Å²) in [6.45, 7) is 4.45.